The molecule has 2 rings (SSSR count). The van der Waals surface area contributed by atoms with E-state index in [0.29, 0.717) is 0 Å². The minimum Gasteiger partial charge on any atom is -0.147 e. The first-order valence-electron chi connectivity index (χ1n) is 6.58. The Kier molecular flexibility index (Phi) is 9.79. The van der Waals surface area contributed by atoms with Gasteiger partial charge in [0.1, 0.15) is 0 Å². The standard InChI is InChI=1S/C16H20NO.2ClH.Ti/c1-12(18)15-6-4-5-7-16(15)14-9-8-13(10-14)11-17(2)3;;;/h4-8,10,12H,9,11H2,1-3H3;2*1H;/q-1;;;+1. The van der Waals surface area contributed by atoms with Crippen LogP contribution in [0.15, 0.2) is 42.0 Å². The Morgan fingerprint density at radius 3 is 2.52 bits per heavy atom. The molecule has 0 fully saturated rings. The molecule has 1 aromatic carbocycles. The molecular formula is C16H22Cl2NOTi. The fourth-order valence-electron chi connectivity index (χ4n) is 2.45. The number of benzene rings is 1. The zero-order valence-electron chi connectivity index (χ0n) is 12.6. The molecule has 1 aromatic rings. The van der Waals surface area contributed by atoms with E-state index in [1.54, 1.807) is 20.8 Å². The summed E-state index contributed by atoms with van der Waals surface area (Å²) in [5.41, 5.74) is 5.40. The molecule has 0 heterocycles. The van der Waals surface area contributed by atoms with Crippen LogP contribution in [0.25, 0.3) is 5.57 Å². The molecule has 0 aliphatic heterocycles. The summed E-state index contributed by atoms with van der Waals surface area (Å²) >= 11 is 1.76. The van der Waals surface area contributed by atoms with Gasteiger partial charge in [0.05, 0.1) is 0 Å². The Morgan fingerprint density at radius 2 is 1.90 bits per heavy atom. The Labute approximate surface area is 152 Å². The van der Waals surface area contributed by atoms with Crippen molar-refractivity contribution in [3.8, 4) is 0 Å². The third kappa shape index (κ3) is 5.56. The zero-order valence-corrected chi connectivity index (χ0v) is 15.8. The molecule has 0 aromatic heterocycles. The zero-order chi connectivity index (χ0) is 13.8. The number of hydrogen-bond donors (Lipinski definition) is 0. The Balaban J connectivity index is 0.00000200. The average Bonchev–Trinajstić information content (AvgIpc) is 2.85. The van der Waals surface area contributed by atoms with E-state index < -0.39 is 0 Å². The molecule has 0 N–H and O–H groups in total. The van der Waals surface area contributed by atoms with Crippen molar-refractivity contribution >= 4 is 30.4 Å². The SMILES string of the molecule is CC([O][Ti])c1ccccc1C1=CC(CN(C)C)=CC1.Cl.Cl. The van der Waals surface area contributed by atoms with Gasteiger partial charge >= 0.3 is 128 Å². The predicted molar refractivity (Wildman–Crippen MR) is 89.7 cm³/mol. The van der Waals surface area contributed by atoms with Gasteiger partial charge in [-0.05, 0) is 0 Å². The second-order valence-electron chi connectivity index (χ2n) is 5.24. The number of rotatable bonds is 5. The molecule has 1 unspecified atom stereocenters. The Hall–Kier alpha value is -0.0857. The molecule has 0 radical (unpaired) electrons. The van der Waals surface area contributed by atoms with Gasteiger partial charge in [0.2, 0.25) is 0 Å². The van der Waals surface area contributed by atoms with Crippen LogP contribution >= 0.6 is 24.8 Å². The number of allylic oxidation sites excluding steroid dienone is 2. The van der Waals surface area contributed by atoms with Crippen LogP contribution in [-0.2, 0) is 24.1 Å². The van der Waals surface area contributed by atoms with Crippen LogP contribution in [0.2, 0.25) is 0 Å². The number of hydrogen-bond acceptors (Lipinski definition) is 2. The normalized spacial score (nSPS) is 14.8. The van der Waals surface area contributed by atoms with Gasteiger partial charge in [-0.2, -0.15) is 0 Å². The van der Waals surface area contributed by atoms with Crippen LogP contribution in [0.4, 0.5) is 0 Å². The first kappa shape index (κ1) is 20.9. The Morgan fingerprint density at radius 1 is 1.24 bits per heavy atom. The maximum Gasteiger partial charge on any atom is -0.147 e. The van der Waals surface area contributed by atoms with Crippen molar-refractivity contribution in [1.29, 1.82) is 0 Å². The summed E-state index contributed by atoms with van der Waals surface area (Å²) in [4.78, 5) is 2.20. The van der Waals surface area contributed by atoms with Gasteiger partial charge in [-0.25, -0.2) is 0 Å². The molecular weight excluding hydrogens is 341 g/mol. The number of nitrogens with zero attached hydrogens (tertiary/aromatic N) is 1. The maximum absolute atomic E-state index is 5.48. The first-order chi connectivity index (χ1) is 9.11. The molecule has 0 saturated carbocycles. The number of halogens is 2. The van der Waals surface area contributed by atoms with Crippen LogP contribution in [0.5, 0.6) is 0 Å². The first-order valence-corrected chi connectivity index (χ1v) is 7.21. The second kappa shape index (κ2) is 9.84. The van der Waals surface area contributed by atoms with Gasteiger partial charge in [0.25, 0.3) is 0 Å². The molecule has 115 valence electrons. The summed E-state index contributed by atoms with van der Waals surface area (Å²) in [6.07, 6.45) is 5.80. The van der Waals surface area contributed by atoms with E-state index in [2.05, 4.69) is 62.3 Å². The van der Waals surface area contributed by atoms with E-state index in [4.69, 9.17) is 3.32 Å². The topological polar surface area (TPSA) is 12.5 Å². The van der Waals surface area contributed by atoms with Crippen LogP contribution in [0.3, 0.4) is 0 Å². The van der Waals surface area contributed by atoms with E-state index in [-0.39, 0.29) is 30.9 Å². The summed E-state index contributed by atoms with van der Waals surface area (Å²) in [6.45, 7) is 3.11. The maximum atomic E-state index is 5.48. The summed E-state index contributed by atoms with van der Waals surface area (Å²) in [5, 5.41) is 0. The summed E-state index contributed by atoms with van der Waals surface area (Å²) in [6, 6.07) is 8.54. The van der Waals surface area contributed by atoms with Crippen LogP contribution < -0.4 is 0 Å². The van der Waals surface area contributed by atoms with Gasteiger partial charge in [0.15, 0.2) is 0 Å². The van der Waals surface area contributed by atoms with E-state index in [0.717, 1.165) is 13.0 Å². The van der Waals surface area contributed by atoms with Gasteiger partial charge in [0, 0.05) is 0 Å². The van der Waals surface area contributed by atoms with Gasteiger partial charge < -0.3 is 0 Å². The molecule has 1 aliphatic carbocycles. The van der Waals surface area contributed by atoms with E-state index >= 15 is 0 Å². The Bertz CT molecular complexity index is 515. The average molecular weight is 363 g/mol. The van der Waals surface area contributed by atoms with E-state index in [9.17, 15) is 0 Å². The fraction of sp³-hybridized carbons (Fsp3) is 0.375. The van der Waals surface area contributed by atoms with E-state index in [1.807, 2.05) is 0 Å². The third-order valence-electron chi connectivity index (χ3n) is 3.36. The van der Waals surface area contributed by atoms with Crippen molar-refractivity contribution in [2.24, 2.45) is 0 Å². The molecule has 0 amide bonds. The van der Waals surface area contributed by atoms with Crippen molar-refractivity contribution in [3.05, 3.63) is 53.1 Å². The largest absolute Gasteiger partial charge is 0.147 e. The smallest absolute Gasteiger partial charge is 0.147 e. The molecule has 1 aliphatic rings. The summed E-state index contributed by atoms with van der Waals surface area (Å²) in [7, 11) is 4.21. The minimum absolute atomic E-state index is 0. The summed E-state index contributed by atoms with van der Waals surface area (Å²) in [5.74, 6) is 0. The quantitative estimate of drug-likeness (QED) is 0.722. The van der Waals surface area contributed by atoms with Crippen molar-refractivity contribution in [2.75, 3.05) is 20.6 Å². The molecule has 21 heavy (non-hydrogen) atoms. The monoisotopic (exact) mass is 362 g/mol. The van der Waals surface area contributed by atoms with Crippen LogP contribution in [0, 0.1) is 0 Å². The van der Waals surface area contributed by atoms with Gasteiger partial charge in [-0.1, -0.05) is 0 Å². The van der Waals surface area contributed by atoms with Crippen LogP contribution in [0.1, 0.15) is 30.6 Å². The molecule has 5 heteroatoms. The van der Waals surface area contributed by atoms with Crippen molar-refractivity contribution in [3.63, 3.8) is 0 Å². The third-order valence-corrected chi connectivity index (χ3v) is 3.92. The van der Waals surface area contributed by atoms with Crippen molar-refractivity contribution < 1.29 is 24.1 Å². The van der Waals surface area contributed by atoms with Crippen molar-refractivity contribution in [1.82, 2.24) is 4.90 Å². The fourth-order valence-corrected chi connectivity index (χ4v) is 2.65. The van der Waals surface area contributed by atoms with Gasteiger partial charge in [-0.3, -0.25) is 0 Å². The van der Waals surface area contributed by atoms with Crippen molar-refractivity contribution in [2.45, 2.75) is 19.4 Å². The molecule has 0 saturated heterocycles. The van der Waals surface area contributed by atoms with Crippen LogP contribution in [-0.4, -0.2) is 25.5 Å². The molecule has 0 bridgehead atoms. The predicted octanol–water partition coefficient (Wildman–Crippen LogP) is 4.34. The second-order valence-corrected chi connectivity index (χ2v) is 5.61. The molecule has 2 nitrogen and oxygen atoms in total. The van der Waals surface area contributed by atoms with Gasteiger partial charge in [-0.15, -0.1) is 24.8 Å². The minimum atomic E-state index is 0. The number of likely N-dealkylation sites (N-methyl/N-ethyl adjacent to an activating group) is 1. The molecule has 1 atom stereocenters. The van der Waals surface area contributed by atoms with E-state index in [1.165, 1.54) is 22.3 Å². The molecule has 0 spiro atoms. The summed E-state index contributed by atoms with van der Waals surface area (Å²) < 4.78 is 5.48.